The zero-order valence-corrected chi connectivity index (χ0v) is 19.9. The topological polar surface area (TPSA) is 139 Å². The number of carbonyl (C=O) groups is 1. The lowest BCUT2D eigenvalue weighted by molar-refractivity contribution is -0.0501. The number of nitrogens with one attached hydrogen (secondary N) is 1. The number of nitrogens with zero attached hydrogens (tertiary/aromatic N) is 2. The molecule has 1 fully saturated rings. The van der Waals surface area contributed by atoms with Crippen LogP contribution in [0.4, 0.5) is 18.9 Å². The molecule has 190 valence electrons. The van der Waals surface area contributed by atoms with E-state index in [4.69, 9.17) is 10.5 Å². The predicted octanol–water partition coefficient (Wildman–Crippen LogP) is 3.88. The maximum atomic E-state index is 15.1. The van der Waals surface area contributed by atoms with E-state index in [1.807, 2.05) is 0 Å². The summed E-state index contributed by atoms with van der Waals surface area (Å²) in [7, 11) is -3.42. The lowest BCUT2D eigenvalue weighted by Gasteiger charge is -2.56. The second kappa shape index (κ2) is 8.66. The molecule has 5 N–H and O–H groups in total. The Bertz CT molecular complexity index is 1210. The summed E-state index contributed by atoms with van der Waals surface area (Å²) < 4.78 is 70.7. The van der Waals surface area contributed by atoms with E-state index in [-0.39, 0.29) is 47.3 Å². The van der Waals surface area contributed by atoms with E-state index < -0.39 is 44.5 Å². The second-order valence-corrected chi connectivity index (χ2v) is 11.7. The van der Waals surface area contributed by atoms with Crippen LogP contribution in [0.2, 0.25) is 0 Å². The monoisotopic (exact) mass is 514 g/mol. The van der Waals surface area contributed by atoms with Gasteiger partial charge in [-0.2, -0.15) is 19.4 Å². The van der Waals surface area contributed by atoms with Crippen LogP contribution >= 0.6 is 10.6 Å². The van der Waals surface area contributed by atoms with Crippen LogP contribution in [0.15, 0.2) is 35.5 Å². The number of fused-ring (bicyclic) bond motifs is 1. The minimum Gasteiger partial charge on any atom is -0.433 e. The van der Waals surface area contributed by atoms with Crippen LogP contribution in [0.1, 0.15) is 35.5 Å². The summed E-state index contributed by atoms with van der Waals surface area (Å²) in [5.74, 6) is -1.59. The van der Waals surface area contributed by atoms with Gasteiger partial charge >= 0.3 is 6.61 Å². The van der Waals surface area contributed by atoms with Gasteiger partial charge in [0.1, 0.15) is 38.6 Å². The number of amides is 1. The summed E-state index contributed by atoms with van der Waals surface area (Å²) in [6, 6.07) is 5.02. The molecule has 13 heteroatoms. The summed E-state index contributed by atoms with van der Waals surface area (Å²) >= 11 is 0. The molecule has 35 heavy (non-hydrogen) atoms. The normalized spacial score (nSPS) is 25.5. The molecule has 1 amide bonds. The van der Waals surface area contributed by atoms with Gasteiger partial charge in [-0.05, 0) is 50.6 Å². The van der Waals surface area contributed by atoms with Crippen LogP contribution in [0.5, 0.6) is 5.75 Å². The van der Waals surface area contributed by atoms with E-state index in [0.29, 0.717) is 0 Å². The first kappa shape index (κ1) is 25.2. The van der Waals surface area contributed by atoms with E-state index in [2.05, 4.69) is 20.0 Å². The summed E-state index contributed by atoms with van der Waals surface area (Å²) in [5.41, 5.74) is 5.01. The number of aromatic nitrogens is 1. The van der Waals surface area contributed by atoms with Crippen molar-refractivity contribution in [3.05, 3.63) is 53.1 Å². The molecule has 0 aliphatic carbocycles. The highest BCUT2D eigenvalue weighted by Gasteiger charge is 2.61. The van der Waals surface area contributed by atoms with E-state index in [0.717, 1.165) is 12.3 Å². The van der Waals surface area contributed by atoms with Crippen LogP contribution in [-0.2, 0) is 10.3 Å². The Hall–Kier alpha value is -2.87. The molecule has 0 radical (unpaired) electrons. The molecule has 2 aliphatic rings. The van der Waals surface area contributed by atoms with Gasteiger partial charge < -0.3 is 20.5 Å². The number of nitrogens with two attached hydrogens (primary N) is 1. The van der Waals surface area contributed by atoms with Gasteiger partial charge in [0.05, 0.1) is 19.4 Å². The van der Waals surface area contributed by atoms with Gasteiger partial charge in [0.15, 0.2) is 0 Å². The fraction of sp³-hybridized carbons (Fsp3) is 0.409. The van der Waals surface area contributed by atoms with E-state index in [1.165, 1.54) is 25.1 Å². The third-order valence-corrected chi connectivity index (χ3v) is 9.42. The van der Waals surface area contributed by atoms with Crippen molar-refractivity contribution in [3.8, 4) is 5.75 Å². The van der Waals surface area contributed by atoms with Crippen molar-refractivity contribution in [1.29, 1.82) is 0 Å². The van der Waals surface area contributed by atoms with Crippen molar-refractivity contribution >= 4 is 28.0 Å². The molecule has 3 heterocycles. The van der Waals surface area contributed by atoms with Gasteiger partial charge in [-0.1, -0.05) is 0 Å². The molecule has 0 bridgehead atoms. The standard InChI is InChI=1S/C22H25F3N4O5S/c1-11-6-13(34-20(24)25)8-27-17(11)18(30)28-12-4-5-15(23)14(7-12)22-10-33-9-16(22)35(31,32)21(2,3)19(26)29-22/h4-8,16,20,31-32H,9-10H2,1-3H3,(H2,26,29)(H,28,30)/t16-,22-/m1/s1. The van der Waals surface area contributed by atoms with Crippen molar-refractivity contribution in [3.63, 3.8) is 0 Å². The molecule has 2 aromatic rings. The highest BCUT2D eigenvalue weighted by molar-refractivity contribution is 8.26. The lowest BCUT2D eigenvalue weighted by Crippen LogP contribution is -2.57. The number of halogens is 3. The smallest absolute Gasteiger partial charge is 0.387 e. The van der Waals surface area contributed by atoms with Crippen molar-refractivity contribution < 1.29 is 36.5 Å². The third-order valence-electron chi connectivity index (χ3n) is 6.39. The molecule has 0 spiro atoms. The average Bonchev–Trinajstić information content (AvgIpc) is 3.19. The Morgan fingerprint density at radius 3 is 2.71 bits per heavy atom. The van der Waals surface area contributed by atoms with Crippen molar-refractivity contribution in [2.45, 2.75) is 42.9 Å². The summed E-state index contributed by atoms with van der Waals surface area (Å²) in [4.78, 5) is 21.2. The summed E-state index contributed by atoms with van der Waals surface area (Å²) in [6.45, 7) is 1.39. The lowest BCUT2D eigenvalue weighted by atomic mass is 9.87. The van der Waals surface area contributed by atoms with Gasteiger partial charge in [0, 0.05) is 11.3 Å². The summed E-state index contributed by atoms with van der Waals surface area (Å²) in [5, 5.41) is 1.64. The van der Waals surface area contributed by atoms with Gasteiger partial charge in [-0.25, -0.2) is 9.37 Å². The van der Waals surface area contributed by atoms with Crippen LogP contribution in [0, 0.1) is 12.7 Å². The minimum absolute atomic E-state index is 0.0124. The third kappa shape index (κ3) is 4.11. The van der Waals surface area contributed by atoms with Crippen LogP contribution in [0.3, 0.4) is 0 Å². The highest BCUT2D eigenvalue weighted by atomic mass is 32.3. The first-order valence-electron chi connectivity index (χ1n) is 10.5. The first-order valence-corrected chi connectivity index (χ1v) is 12.1. The number of benzene rings is 1. The molecule has 1 aromatic heterocycles. The average molecular weight is 515 g/mol. The number of amidine groups is 1. The fourth-order valence-electron chi connectivity index (χ4n) is 4.27. The number of alkyl halides is 2. The Kier molecular flexibility index (Phi) is 6.24. The fourth-order valence-corrected chi connectivity index (χ4v) is 6.42. The van der Waals surface area contributed by atoms with Crippen LogP contribution < -0.4 is 15.8 Å². The van der Waals surface area contributed by atoms with Crippen molar-refractivity contribution in [2.75, 3.05) is 18.5 Å². The predicted molar refractivity (Wildman–Crippen MR) is 125 cm³/mol. The number of hydrogen-bond donors (Lipinski definition) is 4. The van der Waals surface area contributed by atoms with Gasteiger partial charge in [-0.15, -0.1) is 0 Å². The van der Waals surface area contributed by atoms with Gasteiger partial charge in [0.2, 0.25) is 0 Å². The number of rotatable bonds is 5. The first-order chi connectivity index (χ1) is 16.3. The number of aliphatic imine (C=N–C) groups is 1. The SMILES string of the molecule is Cc1cc(OC(F)F)cnc1C(=O)Nc1ccc(F)c([C@]23COC[C@H]2S(O)(O)C(C)(C)C(N)=N3)c1. The Morgan fingerprint density at radius 1 is 1.34 bits per heavy atom. The van der Waals surface area contributed by atoms with Crippen molar-refractivity contribution in [1.82, 2.24) is 4.98 Å². The molecule has 1 aromatic carbocycles. The van der Waals surface area contributed by atoms with Crippen molar-refractivity contribution in [2.24, 2.45) is 10.7 Å². The van der Waals surface area contributed by atoms with E-state index in [1.54, 1.807) is 13.8 Å². The molecule has 2 atom stereocenters. The minimum atomic E-state index is -3.42. The zero-order valence-electron chi connectivity index (χ0n) is 19.1. The largest absolute Gasteiger partial charge is 0.433 e. The van der Waals surface area contributed by atoms with Gasteiger partial charge in [0.25, 0.3) is 5.91 Å². The maximum absolute atomic E-state index is 15.1. The quantitative estimate of drug-likeness (QED) is 0.475. The number of anilines is 1. The Morgan fingerprint density at radius 2 is 2.06 bits per heavy atom. The molecule has 4 rings (SSSR count). The molecule has 2 aliphatic heterocycles. The van der Waals surface area contributed by atoms with Crippen LogP contribution in [-0.4, -0.2) is 55.7 Å². The van der Waals surface area contributed by atoms with E-state index >= 15 is 4.39 Å². The maximum Gasteiger partial charge on any atom is 0.387 e. The molecule has 0 unspecified atom stereocenters. The van der Waals surface area contributed by atoms with Gasteiger partial charge in [-0.3, -0.25) is 18.9 Å². The number of hydrogen-bond acceptors (Lipinski definition) is 8. The second-order valence-electron chi connectivity index (χ2n) is 8.89. The molecule has 1 saturated heterocycles. The number of carbonyl (C=O) groups excluding carboxylic acids is 1. The zero-order chi connectivity index (χ0) is 25.8. The number of ether oxygens (including phenoxy) is 2. The Labute approximate surface area is 200 Å². The molecule has 0 saturated carbocycles. The Balaban J connectivity index is 1.69. The van der Waals surface area contributed by atoms with Crippen LogP contribution in [0.25, 0.3) is 0 Å². The highest BCUT2D eigenvalue weighted by Crippen LogP contribution is 2.66. The molecular formula is C22H25F3N4O5S. The molecular weight excluding hydrogens is 489 g/mol. The molecule has 9 nitrogen and oxygen atoms in total. The number of pyridine rings is 1. The van der Waals surface area contributed by atoms with E-state index in [9.17, 15) is 22.7 Å². The summed E-state index contributed by atoms with van der Waals surface area (Å²) in [6.07, 6.45) is 0.996. The number of aryl methyl sites for hydroxylation is 1.